The molecule has 0 radical (unpaired) electrons. The first-order valence-electron chi connectivity index (χ1n) is 7.07. The van der Waals surface area contributed by atoms with Crippen molar-refractivity contribution in [2.24, 2.45) is 0 Å². The summed E-state index contributed by atoms with van der Waals surface area (Å²) in [6.45, 7) is 7.57. The molecule has 0 amide bonds. The minimum absolute atomic E-state index is 0.0727. The predicted molar refractivity (Wildman–Crippen MR) is 70.8 cm³/mol. The second-order valence-corrected chi connectivity index (χ2v) is 5.85. The fourth-order valence-electron chi connectivity index (χ4n) is 3.28. The molecule has 3 unspecified atom stereocenters. The Labute approximate surface area is 109 Å². The summed E-state index contributed by atoms with van der Waals surface area (Å²) < 4.78 is 8.15. The molecule has 2 saturated heterocycles. The van der Waals surface area contributed by atoms with Gasteiger partial charge in [-0.2, -0.15) is 0 Å². The molecule has 1 N–H and O–H groups in total. The van der Waals surface area contributed by atoms with Gasteiger partial charge in [-0.1, -0.05) is 0 Å². The largest absolute Gasteiger partial charge is 0.376 e. The Kier molecular flexibility index (Phi) is 3.16. The van der Waals surface area contributed by atoms with E-state index >= 15 is 0 Å². The van der Waals surface area contributed by atoms with Crippen molar-refractivity contribution in [2.75, 3.05) is 19.7 Å². The Morgan fingerprint density at radius 2 is 2.44 bits per heavy atom. The molecule has 4 heteroatoms. The monoisotopic (exact) mass is 249 g/mol. The summed E-state index contributed by atoms with van der Waals surface area (Å²) in [5.41, 5.74) is 1.45. The summed E-state index contributed by atoms with van der Waals surface area (Å²) in [6.07, 6.45) is 7.92. The van der Waals surface area contributed by atoms with Crippen LogP contribution in [-0.4, -0.2) is 35.4 Å². The summed E-state index contributed by atoms with van der Waals surface area (Å²) in [5.74, 6) is 0.603. The summed E-state index contributed by atoms with van der Waals surface area (Å²) >= 11 is 0. The smallest absolute Gasteiger partial charge is 0.0954 e. The first-order valence-corrected chi connectivity index (χ1v) is 7.07. The topological polar surface area (TPSA) is 39.1 Å². The number of hydrogen-bond acceptors (Lipinski definition) is 3. The number of rotatable bonds is 2. The van der Waals surface area contributed by atoms with Gasteiger partial charge in [0.05, 0.1) is 18.0 Å². The molecule has 0 aliphatic carbocycles. The van der Waals surface area contributed by atoms with Gasteiger partial charge in [0.15, 0.2) is 0 Å². The van der Waals surface area contributed by atoms with Crippen molar-refractivity contribution in [3.05, 3.63) is 18.2 Å². The van der Waals surface area contributed by atoms with Crippen molar-refractivity contribution in [1.29, 1.82) is 0 Å². The fraction of sp³-hybridized carbons (Fsp3) is 0.786. The van der Waals surface area contributed by atoms with E-state index in [9.17, 15) is 0 Å². The molecule has 100 valence electrons. The fourth-order valence-corrected chi connectivity index (χ4v) is 3.28. The third kappa shape index (κ3) is 1.88. The van der Waals surface area contributed by atoms with Gasteiger partial charge in [0.25, 0.3) is 0 Å². The summed E-state index contributed by atoms with van der Waals surface area (Å²) in [4.78, 5) is 4.40. The van der Waals surface area contributed by atoms with Gasteiger partial charge in [0.1, 0.15) is 0 Å². The lowest BCUT2D eigenvalue weighted by atomic mass is 9.91. The Morgan fingerprint density at radius 1 is 1.56 bits per heavy atom. The Hall–Kier alpha value is -0.870. The van der Waals surface area contributed by atoms with Crippen LogP contribution in [0.15, 0.2) is 12.5 Å². The number of piperidine rings is 1. The van der Waals surface area contributed by atoms with E-state index < -0.39 is 0 Å². The lowest BCUT2D eigenvalue weighted by Crippen LogP contribution is -2.39. The Balaban J connectivity index is 1.91. The van der Waals surface area contributed by atoms with Crippen molar-refractivity contribution in [2.45, 2.75) is 50.7 Å². The molecule has 1 aromatic heterocycles. The van der Waals surface area contributed by atoms with Crippen molar-refractivity contribution < 1.29 is 4.74 Å². The number of ether oxygens (including phenoxy) is 1. The van der Waals surface area contributed by atoms with Crippen LogP contribution in [0.25, 0.3) is 0 Å². The van der Waals surface area contributed by atoms with Crippen molar-refractivity contribution in [3.8, 4) is 0 Å². The molecular formula is C14H23N3O. The van der Waals surface area contributed by atoms with Crippen molar-refractivity contribution in [1.82, 2.24) is 14.9 Å². The van der Waals surface area contributed by atoms with Crippen LogP contribution in [0.3, 0.4) is 0 Å². The van der Waals surface area contributed by atoms with Gasteiger partial charge in [-0.3, -0.25) is 0 Å². The second-order valence-electron chi connectivity index (χ2n) is 5.85. The third-order valence-electron chi connectivity index (χ3n) is 4.78. The van der Waals surface area contributed by atoms with E-state index in [1.165, 1.54) is 18.5 Å². The minimum Gasteiger partial charge on any atom is -0.376 e. The van der Waals surface area contributed by atoms with E-state index in [2.05, 4.69) is 28.7 Å². The van der Waals surface area contributed by atoms with Crippen molar-refractivity contribution >= 4 is 0 Å². The van der Waals surface area contributed by atoms with Crippen LogP contribution in [0.4, 0.5) is 0 Å². The van der Waals surface area contributed by atoms with Gasteiger partial charge in [-0.25, -0.2) is 4.98 Å². The van der Waals surface area contributed by atoms with E-state index in [1.54, 1.807) is 0 Å². The molecule has 3 rings (SSSR count). The normalized spacial score (nSPS) is 37.0. The molecule has 18 heavy (non-hydrogen) atoms. The maximum absolute atomic E-state index is 5.77. The van der Waals surface area contributed by atoms with Gasteiger partial charge in [0, 0.05) is 31.0 Å². The van der Waals surface area contributed by atoms with Gasteiger partial charge in [-0.05, 0) is 39.7 Å². The first-order chi connectivity index (χ1) is 8.72. The van der Waals surface area contributed by atoms with E-state index in [-0.39, 0.29) is 11.6 Å². The number of hydrogen-bond donors (Lipinski definition) is 1. The number of aromatic nitrogens is 2. The zero-order valence-electron chi connectivity index (χ0n) is 11.4. The lowest BCUT2D eigenvalue weighted by molar-refractivity contribution is 0.0742. The van der Waals surface area contributed by atoms with Crippen molar-refractivity contribution in [3.63, 3.8) is 0 Å². The molecular weight excluding hydrogens is 226 g/mol. The lowest BCUT2D eigenvalue weighted by Gasteiger charge is -2.34. The minimum atomic E-state index is 0.0727. The van der Waals surface area contributed by atoms with E-state index in [0.29, 0.717) is 5.92 Å². The standard InChI is InChI=1S/C14H23N3O/c1-11-14(2,5-7-18-11)17-10-16-9-13(17)12-4-3-6-15-8-12/h9-12,15H,3-8H2,1-2H3. The van der Waals surface area contributed by atoms with Crippen LogP contribution < -0.4 is 5.32 Å². The number of nitrogens with one attached hydrogen (secondary N) is 1. The Bertz CT molecular complexity index is 411. The number of imidazole rings is 1. The highest BCUT2D eigenvalue weighted by atomic mass is 16.5. The molecule has 0 bridgehead atoms. The third-order valence-corrected chi connectivity index (χ3v) is 4.78. The quantitative estimate of drug-likeness (QED) is 0.869. The molecule has 2 aliphatic rings. The summed E-state index contributed by atoms with van der Waals surface area (Å²) in [5, 5.41) is 3.49. The molecule has 2 aliphatic heterocycles. The maximum Gasteiger partial charge on any atom is 0.0954 e. The van der Waals surface area contributed by atoms with Crippen LogP contribution in [0.1, 0.15) is 44.7 Å². The highest BCUT2D eigenvalue weighted by molar-refractivity contribution is 5.13. The molecule has 0 spiro atoms. The Morgan fingerprint density at radius 3 is 3.11 bits per heavy atom. The zero-order valence-corrected chi connectivity index (χ0v) is 11.4. The van der Waals surface area contributed by atoms with Gasteiger partial charge < -0.3 is 14.6 Å². The summed E-state index contributed by atoms with van der Waals surface area (Å²) in [6, 6.07) is 0. The highest BCUT2D eigenvalue weighted by Gasteiger charge is 2.40. The van der Waals surface area contributed by atoms with E-state index in [4.69, 9.17) is 4.74 Å². The van der Waals surface area contributed by atoms with Crippen LogP contribution in [0, 0.1) is 0 Å². The van der Waals surface area contributed by atoms with Crippen LogP contribution in [-0.2, 0) is 10.3 Å². The molecule has 1 aromatic rings. The molecule has 0 aromatic carbocycles. The maximum atomic E-state index is 5.77. The molecule has 2 fully saturated rings. The SMILES string of the molecule is CC1OCCC1(C)n1cncc1C1CCCNC1. The van der Waals surface area contributed by atoms with Gasteiger partial charge >= 0.3 is 0 Å². The highest BCUT2D eigenvalue weighted by Crippen LogP contribution is 2.36. The molecule has 3 atom stereocenters. The second kappa shape index (κ2) is 4.67. The molecule has 4 nitrogen and oxygen atoms in total. The van der Waals surface area contributed by atoms with Gasteiger partial charge in [-0.15, -0.1) is 0 Å². The first kappa shape index (κ1) is 12.2. The average molecular weight is 249 g/mol. The van der Waals surface area contributed by atoms with Crippen LogP contribution in [0.5, 0.6) is 0 Å². The summed E-state index contributed by atoms with van der Waals surface area (Å²) in [7, 11) is 0. The van der Waals surface area contributed by atoms with Crippen LogP contribution >= 0.6 is 0 Å². The van der Waals surface area contributed by atoms with Crippen LogP contribution in [0.2, 0.25) is 0 Å². The predicted octanol–water partition coefficient (Wildman–Crippen LogP) is 1.87. The van der Waals surface area contributed by atoms with Gasteiger partial charge in [0.2, 0.25) is 0 Å². The molecule has 3 heterocycles. The average Bonchev–Trinajstić information content (AvgIpc) is 2.99. The zero-order chi connectivity index (χ0) is 12.6. The number of nitrogens with zero attached hydrogens (tertiary/aromatic N) is 2. The van der Waals surface area contributed by atoms with E-state index in [0.717, 1.165) is 26.1 Å². The van der Waals surface area contributed by atoms with E-state index in [1.807, 2.05) is 12.5 Å². The molecule has 0 saturated carbocycles.